The molecule has 1 aromatic heterocycles. The van der Waals surface area contributed by atoms with Crippen molar-refractivity contribution in [3.63, 3.8) is 0 Å². The zero-order chi connectivity index (χ0) is 18.1. The number of aromatic nitrogens is 3. The first kappa shape index (κ1) is 17.4. The number of nitrogens with zero attached hydrogens (tertiary/aromatic N) is 4. The zero-order valence-corrected chi connectivity index (χ0v) is 14.8. The monoisotopic (exact) mass is 346 g/mol. The number of rotatable bonds is 3. The predicted octanol–water partition coefficient (Wildman–Crippen LogP) is 2.32. The minimum Gasteiger partial charge on any atom is -0.338 e. The topological polar surface area (TPSA) is 60.1 Å². The number of carbonyl (C=O) groups excluding carboxylic acids is 1. The first-order valence-corrected chi connectivity index (χ1v) is 8.59. The molecule has 3 rings (SSSR count). The number of likely N-dealkylation sites (tertiary alicyclic amines) is 1. The summed E-state index contributed by atoms with van der Waals surface area (Å²) in [6, 6.07) is 6.03. The molecule has 0 bridgehead atoms. The number of hydrogen-bond acceptors (Lipinski definition) is 3. The summed E-state index contributed by atoms with van der Waals surface area (Å²) in [7, 11) is 1.63. The van der Waals surface area contributed by atoms with Crippen LogP contribution in [0, 0.1) is 5.82 Å². The minimum atomic E-state index is -0.508. The number of carbonyl (C=O) groups is 1. The Morgan fingerprint density at radius 3 is 2.72 bits per heavy atom. The van der Waals surface area contributed by atoms with Gasteiger partial charge in [-0.3, -0.25) is 9.36 Å². The second-order valence-corrected chi connectivity index (χ2v) is 6.80. The van der Waals surface area contributed by atoms with Crippen molar-refractivity contribution >= 4 is 5.91 Å². The Labute approximate surface area is 145 Å². The Morgan fingerprint density at radius 1 is 1.32 bits per heavy atom. The average molecular weight is 346 g/mol. The van der Waals surface area contributed by atoms with Gasteiger partial charge < -0.3 is 4.90 Å². The van der Waals surface area contributed by atoms with E-state index < -0.39 is 5.82 Å². The quantitative estimate of drug-likeness (QED) is 0.857. The van der Waals surface area contributed by atoms with E-state index in [4.69, 9.17) is 0 Å². The van der Waals surface area contributed by atoms with Gasteiger partial charge in [-0.25, -0.2) is 13.9 Å². The van der Waals surface area contributed by atoms with Crippen molar-refractivity contribution < 1.29 is 9.18 Å². The Balaban J connectivity index is 1.87. The predicted molar refractivity (Wildman–Crippen MR) is 92.1 cm³/mol. The van der Waals surface area contributed by atoms with Crippen LogP contribution in [-0.4, -0.2) is 38.2 Å². The fourth-order valence-corrected chi connectivity index (χ4v) is 3.44. The molecule has 0 aliphatic carbocycles. The molecule has 2 heterocycles. The lowest BCUT2D eigenvalue weighted by molar-refractivity contribution is 0.0698. The number of aryl methyl sites for hydroxylation is 1. The van der Waals surface area contributed by atoms with Gasteiger partial charge >= 0.3 is 5.69 Å². The van der Waals surface area contributed by atoms with E-state index in [2.05, 4.69) is 5.10 Å². The molecule has 0 radical (unpaired) electrons. The van der Waals surface area contributed by atoms with Crippen LogP contribution in [-0.2, 0) is 7.05 Å². The summed E-state index contributed by atoms with van der Waals surface area (Å²) in [5, 5.41) is 4.39. The van der Waals surface area contributed by atoms with Crippen LogP contribution in [0.1, 0.15) is 54.8 Å². The third kappa shape index (κ3) is 3.23. The Morgan fingerprint density at radius 2 is 2.04 bits per heavy atom. The Bertz CT molecular complexity index is 840. The first-order chi connectivity index (χ1) is 11.9. The highest BCUT2D eigenvalue weighted by molar-refractivity contribution is 5.94. The number of piperidine rings is 1. The van der Waals surface area contributed by atoms with Gasteiger partial charge in [0.25, 0.3) is 5.91 Å². The lowest BCUT2D eigenvalue weighted by atomic mass is 9.96. The van der Waals surface area contributed by atoms with Crippen molar-refractivity contribution in [2.24, 2.45) is 7.05 Å². The molecule has 1 atom stereocenters. The highest BCUT2D eigenvalue weighted by atomic mass is 19.1. The maximum Gasteiger partial charge on any atom is 0.345 e. The van der Waals surface area contributed by atoms with Crippen LogP contribution in [0.15, 0.2) is 29.1 Å². The summed E-state index contributed by atoms with van der Waals surface area (Å²) < 4.78 is 17.0. The number of amides is 1. The molecule has 1 fully saturated rings. The Kier molecular flexibility index (Phi) is 4.74. The fraction of sp³-hybridized carbons (Fsp3) is 0.500. The normalized spacial score (nSPS) is 18.0. The third-order valence-corrected chi connectivity index (χ3v) is 4.68. The van der Waals surface area contributed by atoms with Gasteiger partial charge in [0.15, 0.2) is 0 Å². The molecule has 134 valence electrons. The second-order valence-electron chi connectivity index (χ2n) is 6.80. The van der Waals surface area contributed by atoms with E-state index in [0.717, 1.165) is 12.8 Å². The summed E-state index contributed by atoms with van der Waals surface area (Å²) in [4.78, 5) is 26.6. The molecule has 1 aromatic carbocycles. The van der Waals surface area contributed by atoms with Gasteiger partial charge in [-0.15, -0.1) is 0 Å². The fourth-order valence-electron chi connectivity index (χ4n) is 3.44. The number of benzene rings is 1. The van der Waals surface area contributed by atoms with Crippen molar-refractivity contribution in [2.45, 2.75) is 38.6 Å². The average Bonchev–Trinajstić information content (AvgIpc) is 2.90. The molecule has 1 saturated heterocycles. The van der Waals surface area contributed by atoms with Crippen LogP contribution in [0.25, 0.3) is 0 Å². The molecule has 0 saturated carbocycles. The van der Waals surface area contributed by atoms with Gasteiger partial charge in [-0.2, -0.15) is 5.10 Å². The molecule has 0 spiro atoms. The molecular formula is C18H23FN4O2. The summed E-state index contributed by atoms with van der Waals surface area (Å²) in [6.07, 6.45) is 1.65. The lowest BCUT2D eigenvalue weighted by Crippen LogP contribution is -2.40. The third-order valence-electron chi connectivity index (χ3n) is 4.68. The van der Waals surface area contributed by atoms with E-state index in [1.807, 2.05) is 13.8 Å². The van der Waals surface area contributed by atoms with Gasteiger partial charge in [-0.05, 0) is 38.8 Å². The molecule has 1 amide bonds. The van der Waals surface area contributed by atoms with Crippen molar-refractivity contribution in [2.75, 3.05) is 13.1 Å². The maximum absolute atomic E-state index is 13.9. The molecule has 25 heavy (non-hydrogen) atoms. The summed E-state index contributed by atoms with van der Waals surface area (Å²) >= 11 is 0. The first-order valence-electron chi connectivity index (χ1n) is 8.59. The van der Waals surface area contributed by atoms with Crippen LogP contribution in [0.5, 0.6) is 0 Å². The molecule has 2 aromatic rings. The van der Waals surface area contributed by atoms with Gasteiger partial charge in [0, 0.05) is 32.1 Å². The zero-order valence-electron chi connectivity index (χ0n) is 14.8. The van der Waals surface area contributed by atoms with Gasteiger partial charge in [0.05, 0.1) is 5.56 Å². The standard InChI is InChI=1S/C18H23FN4O2/c1-12(2)23-16(20-21(3)18(23)25)13-7-6-10-22(11-13)17(24)14-8-4-5-9-15(14)19/h4-5,8-9,12-13H,6-7,10-11H2,1-3H3. The van der Waals surface area contributed by atoms with Gasteiger partial charge in [0.2, 0.25) is 0 Å². The van der Waals surface area contributed by atoms with E-state index in [1.165, 1.54) is 16.8 Å². The second kappa shape index (κ2) is 6.82. The lowest BCUT2D eigenvalue weighted by Gasteiger charge is -2.32. The number of hydrogen-bond donors (Lipinski definition) is 0. The van der Waals surface area contributed by atoms with E-state index in [9.17, 15) is 14.0 Å². The van der Waals surface area contributed by atoms with Crippen LogP contribution in [0.4, 0.5) is 4.39 Å². The van der Waals surface area contributed by atoms with Crippen molar-refractivity contribution in [3.05, 3.63) is 52.0 Å². The molecule has 7 heteroatoms. The van der Waals surface area contributed by atoms with Crippen LogP contribution in [0.2, 0.25) is 0 Å². The summed E-state index contributed by atoms with van der Waals surface area (Å²) in [5.74, 6) is -0.141. The van der Waals surface area contributed by atoms with Gasteiger partial charge in [0.1, 0.15) is 11.6 Å². The smallest absolute Gasteiger partial charge is 0.338 e. The summed E-state index contributed by atoms with van der Waals surface area (Å²) in [6.45, 7) is 4.91. The van der Waals surface area contributed by atoms with Crippen molar-refractivity contribution in [1.82, 2.24) is 19.2 Å². The van der Waals surface area contributed by atoms with E-state index >= 15 is 0 Å². The highest BCUT2D eigenvalue weighted by Gasteiger charge is 2.30. The van der Waals surface area contributed by atoms with Crippen LogP contribution < -0.4 is 5.69 Å². The SMILES string of the molecule is CC(C)n1c(C2CCCN(C(=O)c3ccccc3F)C2)nn(C)c1=O. The molecule has 1 aliphatic rings. The molecular weight excluding hydrogens is 323 g/mol. The molecule has 0 N–H and O–H groups in total. The van der Waals surface area contributed by atoms with Crippen LogP contribution >= 0.6 is 0 Å². The molecule has 6 nitrogen and oxygen atoms in total. The molecule has 1 aliphatic heterocycles. The van der Waals surface area contributed by atoms with Crippen molar-refractivity contribution in [3.8, 4) is 0 Å². The highest BCUT2D eigenvalue weighted by Crippen LogP contribution is 2.27. The number of halogens is 1. The van der Waals surface area contributed by atoms with Crippen LogP contribution in [0.3, 0.4) is 0 Å². The van der Waals surface area contributed by atoms with E-state index in [1.54, 1.807) is 28.6 Å². The summed E-state index contributed by atoms with van der Waals surface area (Å²) in [5.41, 5.74) is -0.0621. The van der Waals surface area contributed by atoms with E-state index in [-0.39, 0.29) is 29.1 Å². The minimum absolute atomic E-state index is 0.00570. The van der Waals surface area contributed by atoms with Gasteiger partial charge in [-0.1, -0.05) is 12.1 Å². The van der Waals surface area contributed by atoms with Crippen molar-refractivity contribution in [1.29, 1.82) is 0 Å². The molecule has 1 unspecified atom stereocenters. The Hall–Kier alpha value is -2.44. The maximum atomic E-state index is 13.9. The van der Waals surface area contributed by atoms with E-state index in [0.29, 0.717) is 18.9 Å². The largest absolute Gasteiger partial charge is 0.345 e.